The van der Waals surface area contributed by atoms with Crippen LogP contribution in [0.2, 0.25) is 0 Å². The largest absolute Gasteiger partial charge is 0.357 e. The number of amides is 4. The van der Waals surface area contributed by atoms with Crippen molar-refractivity contribution in [3.05, 3.63) is 70.8 Å². The van der Waals surface area contributed by atoms with Gasteiger partial charge in [-0.2, -0.15) is 0 Å². The third kappa shape index (κ3) is 4.88. The van der Waals surface area contributed by atoms with E-state index in [1.807, 2.05) is 38.1 Å². The summed E-state index contributed by atoms with van der Waals surface area (Å²) in [6.45, 7) is 4.33. The Morgan fingerprint density at radius 3 is 2.25 bits per heavy atom. The molecule has 3 rings (SSSR count). The Morgan fingerprint density at radius 2 is 1.69 bits per heavy atom. The number of carbonyl (C=O) groups excluding carboxylic acids is 4. The minimum atomic E-state index is -0.590. The molecule has 0 aromatic heterocycles. The van der Waals surface area contributed by atoms with Gasteiger partial charge in [-0.05, 0) is 37.5 Å². The van der Waals surface area contributed by atoms with Crippen molar-refractivity contribution >= 4 is 23.6 Å². The summed E-state index contributed by atoms with van der Waals surface area (Å²) in [6.07, 6.45) is 0.946. The summed E-state index contributed by atoms with van der Waals surface area (Å²) in [6, 6.07) is 14.0. The van der Waals surface area contributed by atoms with Gasteiger partial charge < -0.3 is 10.2 Å². The quantitative estimate of drug-likeness (QED) is 0.614. The Bertz CT molecular complexity index is 998. The van der Waals surface area contributed by atoms with Gasteiger partial charge in [0.1, 0.15) is 6.04 Å². The Hall–Kier alpha value is -3.48. The molecule has 1 heterocycles. The SMILES string of the molecule is CC[C@H](C(=O)NC)N(Cc1cccc(C)c1)C(=O)CCCN1C(=O)c2ccccc2C1=O. The third-order valence-electron chi connectivity index (χ3n) is 5.72. The van der Waals surface area contributed by atoms with Crippen molar-refractivity contribution < 1.29 is 19.2 Å². The molecule has 0 unspecified atom stereocenters. The van der Waals surface area contributed by atoms with Gasteiger partial charge in [0.15, 0.2) is 0 Å². The van der Waals surface area contributed by atoms with E-state index in [0.29, 0.717) is 30.5 Å². The van der Waals surface area contributed by atoms with Crippen LogP contribution in [0.15, 0.2) is 48.5 Å². The first-order valence-electron chi connectivity index (χ1n) is 10.9. The molecule has 1 aliphatic rings. The van der Waals surface area contributed by atoms with Crippen molar-refractivity contribution in [1.29, 1.82) is 0 Å². The molecule has 0 saturated carbocycles. The number of nitrogens with zero attached hydrogens (tertiary/aromatic N) is 2. The van der Waals surface area contributed by atoms with Gasteiger partial charge in [0.05, 0.1) is 11.1 Å². The smallest absolute Gasteiger partial charge is 0.261 e. The summed E-state index contributed by atoms with van der Waals surface area (Å²) in [5.41, 5.74) is 2.82. The second-order valence-corrected chi connectivity index (χ2v) is 7.96. The highest BCUT2D eigenvalue weighted by atomic mass is 16.2. The predicted octanol–water partition coefficient (Wildman–Crippen LogP) is 2.92. The molecule has 1 atom stereocenters. The molecule has 32 heavy (non-hydrogen) atoms. The van der Waals surface area contributed by atoms with Crippen molar-refractivity contribution in [1.82, 2.24) is 15.1 Å². The summed E-state index contributed by atoms with van der Waals surface area (Å²) >= 11 is 0. The molecule has 0 fully saturated rings. The lowest BCUT2D eigenvalue weighted by atomic mass is 10.1. The van der Waals surface area contributed by atoms with Gasteiger partial charge in [0.2, 0.25) is 11.8 Å². The van der Waals surface area contributed by atoms with Crippen molar-refractivity contribution in [2.24, 2.45) is 0 Å². The lowest BCUT2D eigenvalue weighted by molar-refractivity contribution is -0.141. The number of hydrogen-bond acceptors (Lipinski definition) is 4. The molecule has 0 radical (unpaired) electrons. The molecule has 4 amide bonds. The molecule has 168 valence electrons. The zero-order chi connectivity index (χ0) is 23.3. The first-order valence-corrected chi connectivity index (χ1v) is 10.9. The minimum absolute atomic E-state index is 0.132. The number of likely N-dealkylation sites (N-methyl/N-ethyl adjacent to an activating group) is 1. The van der Waals surface area contributed by atoms with E-state index in [2.05, 4.69) is 5.32 Å². The van der Waals surface area contributed by atoms with Crippen molar-refractivity contribution in [3.8, 4) is 0 Å². The Kier molecular flexibility index (Phi) is 7.41. The summed E-state index contributed by atoms with van der Waals surface area (Å²) in [5.74, 6) is -1.05. The third-order valence-corrected chi connectivity index (χ3v) is 5.72. The molecule has 0 aliphatic carbocycles. The highest BCUT2D eigenvalue weighted by Gasteiger charge is 2.35. The number of nitrogens with one attached hydrogen (secondary N) is 1. The lowest BCUT2D eigenvalue weighted by Crippen LogP contribution is -2.48. The predicted molar refractivity (Wildman–Crippen MR) is 121 cm³/mol. The Labute approximate surface area is 188 Å². The van der Waals surface area contributed by atoms with Crippen LogP contribution in [-0.2, 0) is 16.1 Å². The number of benzene rings is 2. The number of imide groups is 1. The fourth-order valence-electron chi connectivity index (χ4n) is 4.07. The van der Waals surface area contributed by atoms with Crippen LogP contribution in [0.5, 0.6) is 0 Å². The zero-order valence-electron chi connectivity index (χ0n) is 18.8. The first-order chi connectivity index (χ1) is 15.4. The van der Waals surface area contributed by atoms with Gasteiger partial charge in [0, 0.05) is 26.6 Å². The van der Waals surface area contributed by atoms with Gasteiger partial charge in [-0.15, -0.1) is 0 Å². The molecule has 1 aliphatic heterocycles. The van der Waals surface area contributed by atoms with E-state index in [-0.39, 0.29) is 36.6 Å². The maximum atomic E-state index is 13.2. The molecule has 2 aromatic rings. The summed E-state index contributed by atoms with van der Waals surface area (Å²) in [5, 5.41) is 2.64. The lowest BCUT2D eigenvalue weighted by Gasteiger charge is -2.30. The summed E-state index contributed by atoms with van der Waals surface area (Å²) < 4.78 is 0. The van der Waals surface area contributed by atoms with Crippen molar-refractivity contribution in [3.63, 3.8) is 0 Å². The monoisotopic (exact) mass is 435 g/mol. The Balaban J connectivity index is 1.69. The van der Waals surface area contributed by atoms with Crippen LogP contribution in [0, 0.1) is 6.92 Å². The maximum absolute atomic E-state index is 13.2. The molecule has 2 aromatic carbocycles. The van der Waals surface area contributed by atoms with E-state index in [9.17, 15) is 19.2 Å². The fourth-order valence-corrected chi connectivity index (χ4v) is 4.07. The zero-order valence-corrected chi connectivity index (χ0v) is 18.8. The second kappa shape index (κ2) is 10.2. The van der Waals surface area contributed by atoms with Gasteiger partial charge >= 0.3 is 0 Å². The van der Waals surface area contributed by atoms with Crippen LogP contribution in [0.25, 0.3) is 0 Å². The normalized spacial score (nSPS) is 13.7. The average molecular weight is 436 g/mol. The standard InChI is InChI=1S/C25H29N3O4/c1-4-21(23(30)26-3)28(16-18-10-7-9-17(2)15-18)22(29)13-8-14-27-24(31)19-11-5-6-12-20(19)25(27)32/h5-7,9-12,15,21H,4,8,13-14,16H2,1-3H3,(H,26,30)/t21-/m1/s1. The fraction of sp³-hybridized carbons (Fsp3) is 0.360. The number of hydrogen-bond donors (Lipinski definition) is 1. The average Bonchev–Trinajstić information content (AvgIpc) is 3.03. The topological polar surface area (TPSA) is 86.8 Å². The molecule has 7 heteroatoms. The van der Waals surface area contributed by atoms with Crippen LogP contribution >= 0.6 is 0 Å². The summed E-state index contributed by atoms with van der Waals surface area (Å²) in [7, 11) is 1.56. The van der Waals surface area contributed by atoms with Gasteiger partial charge in [0.25, 0.3) is 11.8 Å². The first kappa shape index (κ1) is 23.2. The van der Waals surface area contributed by atoms with Gasteiger partial charge in [-0.3, -0.25) is 24.1 Å². The van der Waals surface area contributed by atoms with Gasteiger partial charge in [-0.1, -0.05) is 48.9 Å². The highest BCUT2D eigenvalue weighted by molar-refractivity contribution is 6.21. The number of fused-ring (bicyclic) bond motifs is 1. The van der Waals surface area contributed by atoms with E-state index < -0.39 is 6.04 Å². The number of rotatable bonds is 9. The molecule has 0 saturated heterocycles. The highest BCUT2D eigenvalue weighted by Crippen LogP contribution is 2.23. The molecule has 0 spiro atoms. The Morgan fingerprint density at radius 1 is 1.03 bits per heavy atom. The van der Waals surface area contributed by atoms with Crippen LogP contribution in [0.3, 0.4) is 0 Å². The molecular formula is C25H29N3O4. The maximum Gasteiger partial charge on any atom is 0.261 e. The molecule has 7 nitrogen and oxygen atoms in total. The van der Waals surface area contributed by atoms with Crippen molar-refractivity contribution in [2.45, 2.75) is 45.7 Å². The van der Waals surface area contributed by atoms with E-state index in [1.54, 1.807) is 36.2 Å². The minimum Gasteiger partial charge on any atom is -0.357 e. The van der Waals surface area contributed by atoms with E-state index in [0.717, 1.165) is 11.1 Å². The molecule has 1 N–H and O–H groups in total. The van der Waals surface area contributed by atoms with Crippen LogP contribution in [0.4, 0.5) is 0 Å². The molecule has 0 bridgehead atoms. The number of aryl methyl sites for hydroxylation is 1. The van der Waals surface area contributed by atoms with E-state index >= 15 is 0 Å². The molecular weight excluding hydrogens is 406 g/mol. The number of carbonyl (C=O) groups is 4. The summed E-state index contributed by atoms with van der Waals surface area (Å²) in [4.78, 5) is 53.4. The van der Waals surface area contributed by atoms with Gasteiger partial charge in [-0.25, -0.2) is 0 Å². The van der Waals surface area contributed by atoms with Crippen LogP contribution in [0.1, 0.15) is 58.0 Å². The van der Waals surface area contributed by atoms with E-state index in [1.165, 1.54) is 4.90 Å². The second-order valence-electron chi connectivity index (χ2n) is 7.96. The van der Waals surface area contributed by atoms with E-state index in [4.69, 9.17) is 0 Å². The van der Waals surface area contributed by atoms with Crippen molar-refractivity contribution in [2.75, 3.05) is 13.6 Å². The van der Waals surface area contributed by atoms with Crippen LogP contribution < -0.4 is 5.32 Å². The van der Waals surface area contributed by atoms with Crippen LogP contribution in [-0.4, -0.2) is 53.1 Å².